The van der Waals surface area contributed by atoms with E-state index in [9.17, 15) is 4.79 Å². The fourth-order valence-electron chi connectivity index (χ4n) is 2.52. The lowest BCUT2D eigenvalue weighted by atomic mass is 10.0. The predicted octanol–water partition coefficient (Wildman–Crippen LogP) is 4.73. The second-order valence-electron chi connectivity index (χ2n) is 7.18. The molecule has 1 aromatic heterocycles. The van der Waals surface area contributed by atoms with E-state index in [-0.39, 0.29) is 5.56 Å². The van der Waals surface area contributed by atoms with Crippen molar-refractivity contribution in [3.05, 3.63) is 70.0 Å². The van der Waals surface area contributed by atoms with Crippen molar-refractivity contribution in [3.63, 3.8) is 0 Å². The minimum Gasteiger partial charge on any atom is -0.321 e. The lowest BCUT2D eigenvalue weighted by Gasteiger charge is -2.06. The van der Waals surface area contributed by atoms with Crippen LogP contribution in [0.2, 0.25) is 19.6 Å². The zero-order valence-electron chi connectivity index (χ0n) is 14.5. The molecule has 3 aromatic rings. The van der Waals surface area contributed by atoms with Crippen molar-refractivity contribution in [1.29, 1.82) is 0 Å². The molecular weight excluding hydrogens is 310 g/mol. The third-order valence-corrected chi connectivity index (χ3v) is 4.65. The summed E-state index contributed by atoms with van der Waals surface area (Å²) >= 11 is 0. The Morgan fingerprint density at radius 1 is 0.958 bits per heavy atom. The van der Waals surface area contributed by atoms with E-state index in [1.165, 1.54) is 0 Å². The molecule has 0 bridgehead atoms. The van der Waals surface area contributed by atoms with Gasteiger partial charge in [0.05, 0.1) is 0 Å². The second kappa shape index (κ2) is 6.14. The van der Waals surface area contributed by atoms with Crippen LogP contribution >= 0.6 is 0 Å². The van der Waals surface area contributed by atoms with Crippen molar-refractivity contribution >= 4 is 18.8 Å². The summed E-state index contributed by atoms with van der Waals surface area (Å²) in [6.45, 7) is 8.69. The maximum absolute atomic E-state index is 12.3. The highest BCUT2D eigenvalue weighted by molar-refractivity contribution is 6.83. The van der Waals surface area contributed by atoms with Crippen LogP contribution in [0.25, 0.3) is 22.0 Å². The number of benzene rings is 2. The SMILES string of the molecule is Cc1ccc2cc(-c3ccc(C#C[Si](C)(C)C)cc3)[nH]c(=O)c2c1. The number of hydrogen-bond acceptors (Lipinski definition) is 1. The van der Waals surface area contributed by atoms with Crippen LogP contribution in [0.5, 0.6) is 0 Å². The van der Waals surface area contributed by atoms with Crippen LogP contribution in [0.3, 0.4) is 0 Å². The summed E-state index contributed by atoms with van der Waals surface area (Å²) < 4.78 is 0. The smallest absolute Gasteiger partial charge is 0.256 e. The van der Waals surface area contributed by atoms with Crippen molar-refractivity contribution in [2.75, 3.05) is 0 Å². The Kier molecular flexibility index (Phi) is 4.17. The van der Waals surface area contributed by atoms with E-state index in [0.29, 0.717) is 0 Å². The molecule has 2 aromatic carbocycles. The van der Waals surface area contributed by atoms with E-state index in [0.717, 1.165) is 33.2 Å². The summed E-state index contributed by atoms with van der Waals surface area (Å²) in [6.07, 6.45) is 0. The molecule has 0 aliphatic heterocycles. The Balaban J connectivity index is 2.00. The first-order chi connectivity index (χ1) is 11.3. The fraction of sp³-hybridized carbons (Fsp3) is 0.190. The number of aromatic amines is 1. The highest BCUT2D eigenvalue weighted by Crippen LogP contribution is 2.21. The Labute approximate surface area is 143 Å². The lowest BCUT2D eigenvalue weighted by Crippen LogP contribution is -2.16. The number of pyridine rings is 1. The molecule has 120 valence electrons. The number of aromatic nitrogens is 1. The number of hydrogen-bond donors (Lipinski definition) is 1. The van der Waals surface area contributed by atoms with Gasteiger partial charge in [0, 0.05) is 16.6 Å². The monoisotopic (exact) mass is 331 g/mol. The first-order valence-corrected chi connectivity index (χ1v) is 11.6. The maximum Gasteiger partial charge on any atom is 0.256 e. The van der Waals surface area contributed by atoms with Crippen LogP contribution < -0.4 is 5.56 Å². The van der Waals surface area contributed by atoms with Crippen LogP contribution in [0.1, 0.15) is 11.1 Å². The largest absolute Gasteiger partial charge is 0.321 e. The molecule has 2 nitrogen and oxygen atoms in total. The predicted molar refractivity (Wildman–Crippen MR) is 105 cm³/mol. The molecule has 3 heteroatoms. The maximum atomic E-state index is 12.3. The van der Waals surface area contributed by atoms with Gasteiger partial charge in [-0.1, -0.05) is 55.4 Å². The molecular formula is C21H21NOSi. The Bertz CT molecular complexity index is 1010. The van der Waals surface area contributed by atoms with Gasteiger partial charge in [-0.2, -0.15) is 0 Å². The molecule has 3 rings (SSSR count). The van der Waals surface area contributed by atoms with Gasteiger partial charge in [0.1, 0.15) is 8.07 Å². The topological polar surface area (TPSA) is 32.9 Å². The van der Waals surface area contributed by atoms with E-state index in [1.807, 2.05) is 55.5 Å². The quantitative estimate of drug-likeness (QED) is 0.507. The number of rotatable bonds is 1. The van der Waals surface area contributed by atoms with Crippen LogP contribution in [0.4, 0.5) is 0 Å². The highest BCUT2D eigenvalue weighted by atomic mass is 28.3. The molecule has 0 atom stereocenters. The van der Waals surface area contributed by atoms with Crippen molar-refractivity contribution in [1.82, 2.24) is 4.98 Å². The van der Waals surface area contributed by atoms with Crippen LogP contribution in [0.15, 0.2) is 53.3 Å². The van der Waals surface area contributed by atoms with Gasteiger partial charge in [-0.3, -0.25) is 4.79 Å². The van der Waals surface area contributed by atoms with Crippen LogP contribution in [-0.4, -0.2) is 13.1 Å². The van der Waals surface area contributed by atoms with Gasteiger partial charge in [-0.05, 0) is 42.1 Å². The minimum atomic E-state index is -1.37. The Hall–Kier alpha value is -2.57. The zero-order valence-corrected chi connectivity index (χ0v) is 15.5. The summed E-state index contributed by atoms with van der Waals surface area (Å²) in [5, 5.41) is 1.69. The van der Waals surface area contributed by atoms with Gasteiger partial charge >= 0.3 is 0 Å². The summed E-state index contributed by atoms with van der Waals surface area (Å²) in [5.41, 5.74) is 7.25. The molecule has 0 radical (unpaired) electrons. The molecule has 1 heterocycles. The lowest BCUT2D eigenvalue weighted by molar-refractivity contribution is 1.27. The van der Waals surface area contributed by atoms with Gasteiger partial charge in [0.25, 0.3) is 5.56 Å². The Morgan fingerprint density at radius 3 is 2.33 bits per heavy atom. The van der Waals surface area contributed by atoms with E-state index < -0.39 is 8.07 Å². The van der Waals surface area contributed by atoms with Crippen molar-refractivity contribution in [2.45, 2.75) is 26.6 Å². The van der Waals surface area contributed by atoms with Gasteiger partial charge in [-0.15, -0.1) is 5.54 Å². The standard InChI is InChI=1S/C21H21NOSi/c1-15-5-8-18-14-20(22-21(23)19(18)13-15)17-9-6-16(7-10-17)11-12-24(2,3)4/h5-10,13-14H,1-4H3,(H,22,23). The van der Waals surface area contributed by atoms with Crippen LogP contribution in [0, 0.1) is 18.4 Å². The molecule has 0 saturated carbocycles. The van der Waals surface area contributed by atoms with Gasteiger partial charge in [0.15, 0.2) is 0 Å². The van der Waals surface area contributed by atoms with Crippen molar-refractivity contribution in [3.8, 4) is 22.7 Å². The summed E-state index contributed by atoms with van der Waals surface area (Å²) in [4.78, 5) is 15.3. The number of aryl methyl sites for hydroxylation is 1. The van der Waals surface area contributed by atoms with E-state index in [1.54, 1.807) is 0 Å². The van der Waals surface area contributed by atoms with E-state index in [2.05, 4.69) is 36.1 Å². The van der Waals surface area contributed by atoms with E-state index >= 15 is 0 Å². The zero-order chi connectivity index (χ0) is 17.3. The van der Waals surface area contributed by atoms with Gasteiger partial charge in [0.2, 0.25) is 0 Å². The summed E-state index contributed by atoms with van der Waals surface area (Å²) in [7, 11) is -1.37. The normalized spacial score (nSPS) is 11.2. The number of fused-ring (bicyclic) bond motifs is 1. The first-order valence-electron chi connectivity index (χ1n) is 8.09. The molecule has 0 saturated heterocycles. The third kappa shape index (κ3) is 3.66. The van der Waals surface area contributed by atoms with Crippen molar-refractivity contribution in [2.24, 2.45) is 0 Å². The minimum absolute atomic E-state index is 0.0474. The van der Waals surface area contributed by atoms with Gasteiger partial charge in [-0.25, -0.2) is 0 Å². The molecule has 1 N–H and O–H groups in total. The average molecular weight is 331 g/mol. The molecule has 0 unspecified atom stereocenters. The third-order valence-electron chi connectivity index (χ3n) is 3.78. The van der Waals surface area contributed by atoms with Crippen LogP contribution in [-0.2, 0) is 0 Å². The average Bonchev–Trinajstić information content (AvgIpc) is 2.53. The molecule has 0 amide bonds. The Morgan fingerprint density at radius 2 is 1.67 bits per heavy atom. The molecule has 24 heavy (non-hydrogen) atoms. The summed E-state index contributed by atoms with van der Waals surface area (Å²) in [5.74, 6) is 3.25. The second-order valence-corrected chi connectivity index (χ2v) is 11.9. The van der Waals surface area contributed by atoms with Gasteiger partial charge < -0.3 is 4.98 Å². The number of nitrogens with one attached hydrogen (secondary N) is 1. The molecule has 0 aliphatic rings. The molecule has 0 aliphatic carbocycles. The first kappa shape index (κ1) is 16.3. The van der Waals surface area contributed by atoms with Crippen molar-refractivity contribution < 1.29 is 0 Å². The molecule has 0 fully saturated rings. The highest BCUT2D eigenvalue weighted by Gasteiger charge is 2.08. The molecule has 0 spiro atoms. The van der Waals surface area contributed by atoms with E-state index in [4.69, 9.17) is 0 Å². The summed E-state index contributed by atoms with van der Waals surface area (Å²) in [6, 6.07) is 16.0. The fourth-order valence-corrected chi connectivity index (χ4v) is 3.04. The number of H-pyrrole nitrogens is 1.